The largest absolute Gasteiger partial charge is 0.490 e. The first kappa shape index (κ1) is 39.4. The Morgan fingerprint density at radius 3 is 2.54 bits per heavy atom. The van der Waals surface area contributed by atoms with E-state index in [-0.39, 0.29) is 75.9 Å². The van der Waals surface area contributed by atoms with Gasteiger partial charge in [0.2, 0.25) is 5.79 Å². The second-order valence-electron chi connectivity index (χ2n) is 13.0. The van der Waals surface area contributed by atoms with Gasteiger partial charge in [0.1, 0.15) is 30.8 Å². The zero-order valence-corrected chi connectivity index (χ0v) is 29.8. The van der Waals surface area contributed by atoms with Gasteiger partial charge in [0.25, 0.3) is 0 Å². The number of aliphatic hydroxyl groups excluding tert-OH is 3. The summed E-state index contributed by atoms with van der Waals surface area (Å²) >= 11 is 0. The van der Waals surface area contributed by atoms with Crippen LogP contribution in [-0.4, -0.2) is 110 Å². The Bertz CT molecular complexity index is 1320. The molecule has 0 spiro atoms. The number of ether oxygens (including phenoxy) is 4. The monoisotopic (exact) mass is 699 g/mol. The number of oxime groups is 1. The molecule has 4 rings (SSSR count). The molecule has 0 radical (unpaired) electrons. The van der Waals surface area contributed by atoms with Crippen molar-refractivity contribution < 1.29 is 43.9 Å². The summed E-state index contributed by atoms with van der Waals surface area (Å²) in [6.45, 7) is 11.4. The summed E-state index contributed by atoms with van der Waals surface area (Å²) in [6, 6.07) is 4.90. The SMILES string of the molecule is C=CCOc1ccc2c(c1)C1C(CCCCO)C(CCCCO)C=C3C(=NOCC)CC(N(C)C(=O)NCCOCCO)C(OCC=C)(O2)C31. The summed E-state index contributed by atoms with van der Waals surface area (Å²) in [6.07, 6.45) is 10.8. The quantitative estimate of drug-likeness (QED) is 0.0776. The molecule has 6 unspecified atom stereocenters. The molecule has 6 atom stereocenters. The molecule has 0 aromatic heterocycles. The van der Waals surface area contributed by atoms with Gasteiger partial charge in [0.05, 0.1) is 38.1 Å². The molecule has 1 fully saturated rings. The van der Waals surface area contributed by atoms with Crippen molar-refractivity contribution in [2.45, 2.75) is 69.6 Å². The van der Waals surface area contributed by atoms with E-state index < -0.39 is 11.8 Å². The highest BCUT2D eigenvalue weighted by Gasteiger charge is 2.65. The lowest BCUT2D eigenvalue weighted by atomic mass is 9.55. The summed E-state index contributed by atoms with van der Waals surface area (Å²) in [5, 5.41) is 36.1. The number of aliphatic hydroxyl groups is 3. The number of nitrogens with one attached hydrogen (secondary N) is 1. The lowest BCUT2D eigenvalue weighted by molar-refractivity contribution is -0.252. The molecule has 0 bridgehead atoms. The number of carbonyl (C=O) groups excluding carboxylic acids is 1. The molecule has 1 aromatic rings. The van der Waals surface area contributed by atoms with E-state index in [1.165, 1.54) is 0 Å². The molecule has 278 valence electrons. The fourth-order valence-corrected chi connectivity index (χ4v) is 7.78. The van der Waals surface area contributed by atoms with Crippen LogP contribution in [0, 0.1) is 17.8 Å². The van der Waals surface area contributed by atoms with Crippen molar-refractivity contribution >= 4 is 11.7 Å². The smallest absolute Gasteiger partial charge is 0.317 e. The maximum Gasteiger partial charge on any atom is 0.317 e. The molecule has 2 amide bonds. The van der Waals surface area contributed by atoms with E-state index in [1.54, 1.807) is 24.1 Å². The normalized spacial score (nSPS) is 25.8. The molecule has 12 nitrogen and oxygen atoms in total. The van der Waals surface area contributed by atoms with Crippen LogP contribution in [0.5, 0.6) is 11.5 Å². The molecular weight excluding hydrogens is 642 g/mol. The molecule has 2 aliphatic carbocycles. The van der Waals surface area contributed by atoms with E-state index in [0.29, 0.717) is 44.0 Å². The number of carbonyl (C=O) groups is 1. The van der Waals surface area contributed by atoms with Crippen molar-refractivity contribution in [1.82, 2.24) is 10.2 Å². The van der Waals surface area contributed by atoms with Gasteiger partial charge in [-0.15, -0.1) is 6.58 Å². The van der Waals surface area contributed by atoms with Crippen LogP contribution in [0.1, 0.15) is 63.4 Å². The van der Waals surface area contributed by atoms with Crippen molar-refractivity contribution in [2.24, 2.45) is 22.9 Å². The highest BCUT2D eigenvalue weighted by Crippen LogP contribution is 2.61. The second-order valence-corrected chi connectivity index (χ2v) is 13.0. The standard InChI is InChI=1S/C38H57N3O9/c1-5-20-47-28-14-15-33-31(25-28)35-29(13-9-11-18-43)27(12-8-10-17-42)24-30-32(40-49-7-3)26-34(38(50-33,36(30)35)48-21-6-2)41(4)37(45)39-16-22-46-23-19-44/h5-6,14-15,24-25,27,29,34-36,42-44H,1-2,7-13,16-23,26H2,3-4H3,(H,39,45). The number of benzene rings is 1. The van der Waals surface area contributed by atoms with Gasteiger partial charge in [0, 0.05) is 44.7 Å². The Labute approximate surface area is 296 Å². The third-order valence-corrected chi connectivity index (χ3v) is 9.86. The van der Waals surface area contributed by atoms with E-state index in [0.717, 1.165) is 42.5 Å². The molecule has 3 aliphatic rings. The summed E-state index contributed by atoms with van der Waals surface area (Å²) < 4.78 is 25.3. The first-order chi connectivity index (χ1) is 24.4. The molecule has 1 saturated carbocycles. The average Bonchev–Trinajstić information content (AvgIpc) is 3.13. The number of likely N-dealkylation sites (N-methyl/N-ethyl adjacent to an activating group) is 1. The minimum Gasteiger partial charge on any atom is -0.490 e. The number of urea groups is 1. The van der Waals surface area contributed by atoms with Gasteiger partial charge in [-0.05, 0) is 68.2 Å². The van der Waals surface area contributed by atoms with E-state index in [4.69, 9.17) is 28.9 Å². The maximum atomic E-state index is 13.8. The van der Waals surface area contributed by atoms with E-state index in [2.05, 4.69) is 35.8 Å². The number of rotatable bonds is 22. The van der Waals surface area contributed by atoms with Gasteiger partial charge >= 0.3 is 6.03 Å². The number of hydrogen-bond acceptors (Lipinski definition) is 10. The van der Waals surface area contributed by atoms with Crippen molar-refractivity contribution in [3.63, 3.8) is 0 Å². The Kier molecular flexibility index (Phi) is 15.6. The zero-order chi connectivity index (χ0) is 35.9. The average molecular weight is 700 g/mol. The van der Waals surface area contributed by atoms with Gasteiger partial charge in [-0.1, -0.05) is 42.8 Å². The maximum absolute atomic E-state index is 13.8. The molecular formula is C38H57N3O9. The first-order valence-corrected chi connectivity index (χ1v) is 18.0. The number of amides is 2. The van der Waals surface area contributed by atoms with E-state index in [1.807, 2.05) is 19.1 Å². The van der Waals surface area contributed by atoms with Crippen molar-refractivity contribution in [2.75, 3.05) is 66.4 Å². The van der Waals surface area contributed by atoms with Crippen LogP contribution < -0.4 is 14.8 Å². The predicted octanol–water partition coefficient (Wildman–Crippen LogP) is 4.56. The lowest BCUT2D eigenvalue weighted by Gasteiger charge is -2.59. The Morgan fingerprint density at radius 2 is 1.84 bits per heavy atom. The Balaban J connectivity index is 1.92. The summed E-state index contributed by atoms with van der Waals surface area (Å²) in [4.78, 5) is 21.1. The predicted molar refractivity (Wildman–Crippen MR) is 191 cm³/mol. The topological polar surface area (TPSA) is 152 Å². The number of unbranched alkanes of at least 4 members (excludes halogenated alkanes) is 2. The fraction of sp³-hybridized carbons (Fsp3) is 0.632. The van der Waals surface area contributed by atoms with Crippen molar-refractivity contribution in [3.8, 4) is 11.5 Å². The van der Waals surface area contributed by atoms with Crippen LogP contribution in [0.3, 0.4) is 0 Å². The highest BCUT2D eigenvalue weighted by molar-refractivity contribution is 6.03. The van der Waals surface area contributed by atoms with Gasteiger partial charge in [-0.2, -0.15) is 0 Å². The van der Waals surface area contributed by atoms with Gasteiger partial charge in [-0.3, -0.25) is 0 Å². The minimum absolute atomic E-state index is 0.0938. The molecule has 12 heteroatoms. The summed E-state index contributed by atoms with van der Waals surface area (Å²) in [5.41, 5.74) is 2.71. The van der Waals surface area contributed by atoms with Crippen LogP contribution in [0.4, 0.5) is 4.79 Å². The van der Waals surface area contributed by atoms with Gasteiger partial charge in [0.15, 0.2) is 0 Å². The molecule has 0 saturated heterocycles. The Morgan fingerprint density at radius 1 is 1.08 bits per heavy atom. The summed E-state index contributed by atoms with van der Waals surface area (Å²) in [7, 11) is 1.74. The lowest BCUT2D eigenvalue weighted by Crippen LogP contribution is -2.70. The van der Waals surface area contributed by atoms with Crippen LogP contribution in [0.15, 0.2) is 60.3 Å². The summed E-state index contributed by atoms with van der Waals surface area (Å²) in [5.74, 6) is -0.231. The third kappa shape index (κ3) is 9.08. The third-order valence-electron chi connectivity index (χ3n) is 9.86. The van der Waals surface area contributed by atoms with Gasteiger partial charge < -0.3 is 49.3 Å². The molecule has 50 heavy (non-hydrogen) atoms. The van der Waals surface area contributed by atoms with Gasteiger partial charge in [-0.25, -0.2) is 4.79 Å². The van der Waals surface area contributed by atoms with E-state index in [9.17, 15) is 15.0 Å². The Hall–Kier alpha value is -3.42. The van der Waals surface area contributed by atoms with Crippen LogP contribution in [0.2, 0.25) is 0 Å². The van der Waals surface area contributed by atoms with Crippen molar-refractivity contribution in [3.05, 3.63) is 60.7 Å². The number of allylic oxidation sites excluding steroid dienone is 1. The van der Waals surface area contributed by atoms with Crippen molar-refractivity contribution in [1.29, 1.82) is 0 Å². The molecule has 1 heterocycles. The number of nitrogens with zero attached hydrogens (tertiary/aromatic N) is 2. The second kappa shape index (κ2) is 19.8. The zero-order valence-electron chi connectivity index (χ0n) is 29.8. The highest BCUT2D eigenvalue weighted by atomic mass is 16.7. The van der Waals surface area contributed by atoms with Crippen LogP contribution in [0.25, 0.3) is 0 Å². The molecule has 1 aliphatic heterocycles. The van der Waals surface area contributed by atoms with Crippen LogP contribution in [-0.2, 0) is 14.3 Å². The number of fused-ring (bicyclic) bond motifs is 2. The molecule has 4 N–H and O–H groups in total. The molecule has 1 aromatic carbocycles. The fourth-order valence-electron chi connectivity index (χ4n) is 7.78. The van der Waals surface area contributed by atoms with Crippen LogP contribution >= 0.6 is 0 Å². The first-order valence-electron chi connectivity index (χ1n) is 18.0. The minimum atomic E-state index is -1.32. The van der Waals surface area contributed by atoms with E-state index >= 15 is 0 Å². The number of hydrogen-bond donors (Lipinski definition) is 4.